The molecule has 1 heterocycles. The lowest BCUT2D eigenvalue weighted by atomic mass is 10.0. The summed E-state index contributed by atoms with van der Waals surface area (Å²) in [5, 5.41) is 18.6. The van der Waals surface area contributed by atoms with Crippen molar-refractivity contribution in [2.24, 2.45) is 0 Å². The molecule has 74 valence electrons. The molecular weight excluding hydrogens is 184 g/mol. The van der Waals surface area contributed by atoms with Crippen LogP contribution >= 0.6 is 0 Å². The number of ether oxygens (including phenoxy) is 1. The van der Waals surface area contributed by atoms with E-state index in [4.69, 9.17) is 0 Å². The van der Waals surface area contributed by atoms with Gasteiger partial charge in [-0.3, -0.25) is 4.79 Å². The number of hydrogen-bond donors (Lipinski definition) is 2. The molecule has 0 aliphatic carbocycles. The van der Waals surface area contributed by atoms with Crippen molar-refractivity contribution in [3.8, 4) is 0 Å². The van der Waals surface area contributed by atoms with Gasteiger partial charge in [-0.25, -0.2) is 0 Å². The quantitative estimate of drug-likeness (QED) is 0.449. The van der Waals surface area contributed by atoms with Gasteiger partial charge in [0.1, 0.15) is 0 Å². The molecular formula is C10H10O4. The van der Waals surface area contributed by atoms with Gasteiger partial charge in [0.2, 0.25) is 0 Å². The molecule has 0 amide bonds. The molecule has 0 fully saturated rings. The minimum atomic E-state index is -2.37. The molecule has 0 aromatic heterocycles. The summed E-state index contributed by atoms with van der Waals surface area (Å²) in [5.74, 6) is -3.00. The molecule has 1 aliphatic rings. The number of hydrogen-bond acceptors (Lipinski definition) is 4. The molecule has 1 aromatic carbocycles. The Hall–Kier alpha value is -1.39. The first kappa shape index (κ1) is 9.18. The molecule has 2 N–H and O–H groups in total. The largest absolute Gasteiger partial charge is 0.408 e. The van der Waals surface area contributed by atoms with Crippen LogP contribution in [0.2, 0.25) is 0 Å². The van der Waals surface area contributed by atoms with Crippen LogP contribution < -0.4 is 0 Å². The molecule has 0 spiro atoms. The average molecular weight is 194 g/mol. The summed E-state index contributed by atoms with van der Waals surface area (Å²) in [5.41, 5.74) is 1.51. The Labute approximate surface area is 80.7 Å². The van der Waals surface area contributed by atoms with Gasteiger partial charge in [-0.1, -0.05) is 24.3 Å². The molecule has 0 saturated carbocycles. The van der Waals surface area contributed by atoms with E-state index in [1.54, 1.807) is 24.3 Å². The Morgan fingerprint density at radius 2 is 1.86 bits per heavy atom. The van der Waals surface area contributed by atoms with Crippen LogP contribution in [0.15, 0.2) is 24.3 Å². The lowest BCUT2D eigenvalue weighted by molar-refractivity contribution is -0.316. The molecule has 0 atom stereocenters. The van der Waals surface area contributed by atoms with E-state index in [0.29, 0.717) is 0 Å². The Morgan fingerprint density at radius 3 is 2.57 bits per heavy atom. The number of fused-ring (bicyclic) bond motifs is 1. The summed E-state index contributed by atoms with van der Waals surface area (Å²) in [6.07, 6.45) is -0.00600. The van der Waals surface area contributed by atoms with E-state index < -0.39 is 11.9 Å². The van der Waals surface area contributed by atoms with Gasteiger partial charge in [0, 0.05) is 0 Å². The summed E-state index contributed by atoms with van der Waals surface area (Å²) in [6, 6.07) is 7.11. The monoisotopic (exact) mass is 194 g/mol. The zero-order valence-electron chi connectivity index (χ0n) is 7.43. The number of aliphatic hydroxyl groups is 2. The second kappa shape index (κ2) is 3.08. The van der Waals surface area contributed by atoms with Crippen molar-refractivity contribution < 1.29 is 19.7 Å². The van der Waals surface area contributed by atoms with Crippen molar-refractivity contribution >= 4 is 5.97 Å². The Morgan fingerprint density at radius 1 is 1.21 bits per heavy atom. The van der Waals surface area contributed by atoms with Crippen LogP contribution in [0.5, 0.6) is 0 Å². The molecule has 4 heteroatoms. The summed E-state index contributed by atoms with van der Waals surface area (Å²) >= 11 is 0. The van der Waals surface area contributed by atoms with Crippen molar-refractivity contribution in [1.82, 2.24) is 0 Å². The van der Waals surface area contributed by atoms with Crippen LogP contribution in [0.4, 0.5) is 0 Å². The summed E-state index contributed by atoms with van der Waals surface area (Å²) in [7, 11) is 0. The minimum absolute atomic E-state index is 0.0824. The van der Waals surface area contributed by atoms with Gasteiger partial charge in [-0.2, -0.15) is 0 Å². The Balaban J connectivity index is 2.42. The van der Waals surface area contributed by atoms with Gasteiger partial charge in [-0.05, 0) is 11.1 Å². The number of carbonyl (C=O) groups excluding carboxylic acids is 1. The third kappa shape index (κ3) is 1.76. The second-order valence-electron chi connectivity index (χ2n) is 3.34. The van der Waals surface area contributed by atoms with E-state index in [-0.39, 0.29) is 12.8 Å². The van der Waals surface area contributed by atoms with Crippen molar-refractivity contribution in [1.29, 1.82) is 0 Å². The average Bonchev–Trinajstić information content (AvgIpc) is 2.16. The van der Waals surface area contributed by atoms with Gasteiger partial charge in [0.25, 0.3) is 0 Å². The van der Waals surface area contributed by atoms with Crippen molar-refractivity contribution in [3.63, 3.8) is 0 Å². The zero-order chi connectivity index (χ0) is 10.2. The fourth-order valence-electron chi connectivity index (χ4n) is 1.56. The van der Waals surface area contributed by atoms with Gasteiger partial charge in [-0.15, -0.1) is 0 Å². The van der Waals surface area contributed by atoms with E-state index in [2.05, 4.69) is 4.74 Å². The van der Waals surface area contributed by atoms with Gasteiger partial charge >= 0.3 is 11.9 Å². The topological polar surface area (TPSA) is 66.8 Å². The second-order valence-corrected chi connectivity index (χ2v) is 3.34. The SMILES string of the molecule is O=C1Cc2ccccc2CC(O)(O)O1. The first-order valence-electron chi connectivity index (χ1n) is 4.30. The molecule has 0 radical (unpaired) electrons. The molecule has 0 unspecified atom stereocenters. The highest BCUT2D eigenvalue weighted by molar-refractivity contribution is 5.74. The molecule has 0 bridgehead atoms. The van der Waals surface area contributed by atoms with Crippen LogP contribution in [0.3, 0.4) is 0 Å². The molecule has 2 rings (SSSR count). The van der Waals surface area contributed by atoms with Crippen LogP contribution in [-0.4, -0.2) is 22.2 Å². The fourth-order valence-corrected chi connectivity index (χ4v) is 1.56. The Kier molecular flexibility index (Phi) is 2.02. The highest BCUT2D eigenvalue weighted by atomic mass is 16.8. The lowest BCUT2D eigenvalue weighted by Crippen LogP contribution is -2.35. The maximum absolute atomic E-state index is 11.1. The summed E-state index contributed by atoms with van der Waals surface area (Å²) < 4.78 is 4.45. The first-order chi connectivity index (χ1) is 6.57. The third-order valence-corrected chi connectivity index (χ3v) is 2.15. The maximum Gasteiger partial charge on any atom is 0.328 e. The highest BCUT2D eigenvalue weighted by Gasteiger charge is 2.33. The standard InChI is InChI=1S/C10H10O4/c11-9-5-7-3-1-2-4-8(7)6-10(12,13)14-9/h1-4,12-13H,5-6H2. The van der Waals surface area contributed by atoms with E-state index in [0.717, 1.165) is 11.1 Å². The van der Waals surface area contributed by atoms with Crippen molar-refractivity contribution in [2.45, 2.75) is 18.8 Å². The van der Waals surface area contributed by atoms with Crippen molar-refractivity contribution in [3.05, 3.63) is 35.4 Å². The van der Waals surface area contributed by atoms with E-state index >= 15 is 0 Å². The van der Waals surface area contributed by atoms with Crippen LogP contribution in [0, 0.1) is 0 Å². The number of esters is 1. The minimum Gasteiger partial charge on any atom is -0.408 e. The number of rotatable bonds is 0. The van der Waals surface area contributed by atoms with E-state index in [1.165, 1.54) is 0 Å². The molecule has 4 nitrogen and oxygen atoms in total. The number of cyclic esters (lactones) is 1. The maximum atomic E-state index is 11.1. The van der Waals surface area contributed by atoms with Crippen molar-refractivity contribution in [2.75, 3.05) is 0 Å². The summed E-state index contributed by atoms with van der Waals surface area (Å²) in [4.78, 5) is 11.1. The predicted molar refractivity (Wildman–Crippen MR) is 47.1 cm³/mol. The number of benzene rings is 1. The van der Waals surface area contributed by atoms with E-state index in [1.807, 2.05) is 0 Å². The molecule has 0 saturated heterocycles. The van der Waals surface area contributed by atoms with E-state index in [9.17, 15) is 15.0 Å². The molecule has 1 aliphatic heterocycles. The zero-order valence-corrected chi connectivity index (χ0v) is 7.43. The number of carbonyl (C=O) groups is 1. The summed E-state index contributed by atoms with van der Waals surface area (Å²) in [6.45, 7) is 0. The smallest absolute Gasteiger partial charge is 0.328 e. The predicted octanol–water partition coefficient (Wildman–Crippen LogP) is -0.0332. The van der Waals surface area contributed by atoms with Gasteiger partial charge in [0.05, 0.1) is 12.8 Å². The van der Waals surface area contributed by atoms with Crippen LogP contribution in [-0.2, 0) is 22.4 Å². The van der Waals surface area contributed by atoms with Crippen LogP contribution in [0.25, 0.3) is 0 Å². The van der Waals surface area contributed by atoms with Gasteiger partial charge in [0.15, 0.2) is 0 Å². The van der Waals surface area contributed by atoms with Crippen LogP contribution in [0.1, 0.15) is 11.1 Å². The van der Waals surface area contributed by atoms with Gasteiger partial charge < -0.3 is 14.9 Å². The first-order valence-corrected chi connectivity index (χ1v) is 4.30. The molecule has 14 heavy (non-hydrogen) atoms. The highest BCUT2D eigenvalue weighted by Crippen LogP contribution is 2.21. The molecule has 1 aromatic rings. The lowest BCUT2D eigenvalue weighted by Gasteiger charge is -2.18. The third-order valence-electron chi connectivity index (χ3n) is 2.15. The Bertz CT molecular complexity index is 370. The normalized spacial score (nSPS) is 19.4. The fraction of sp³-hybridized carbons (Fsp3) is 0.300.